The summed E-state index contributed by atoms with van der Waals surface area (Å²) in [6, 6.07) is 21.2. The van der Waals surface area contributed by atoms with Crippen LogP contribution in [0.25, 0.3) is 22.0 Å². The van der Waals surface area contributed by atoms with Crippen molar-refractivity contribution >= 4 is 10.9 Å². The quantitative estimate of drug-likeness (QED) is 0.366. The molecule has 0 fully saturated rings. The van der Waals surface area contributed by atoms with Gasteiger partial charge in [0.25, 0.3) is 0 Å². The number of nitrogens with zero attached hydrogens (tertiary/aromatic N) is 1. The van der Waals surface area contributed by atoms with Crippen molar-refractivity contribution in [2.24, 2.45) is 0 Å². The Kier molecular flexibility index (Phi) is 4.82. The minimum atomic E-state index is -4.49. The van der Waals surface area contributed by atoms with Crippen LogP contribution in [0.4, 0.5) is 13.2 Å². The summed E-state index contributed by atoms with van der Waals surface area (Å²) >= 11 is 0. The molecule has 0 aliphatic heterocycles. The summed E-state index contributed by atoms with van der Waals surface area (Å²) in [6.45, 7) is 0. The van der Waals surface area contributed by atoms with Crippen molar-refractivity contribution in [1.29, 1.82) is 0 Å². The van der Waals surface area contributed by atoms with Gasteiger partial charge in [-0.15, -0.1) is 6.42 Å². The third-order valence-corrected chi connectivity index (χ3v) is 4.87. The Morgan fingerprint density at radius 2 is 1.59 bits per heavy atom. The molecular weight excluding hydrogens is 371 g/mol. The first kappa shape index (κ1) is 18.8. The molecule has 0 N–H and O–H groups in total. The Hall–Kier alpha value is -3.58. The molecule has 0 radical (unpaired) electrons. The third kappa shape index (κ3) is 3.60. The van der Waals surface area contributed by atoms with Gasteiger partial charge >= 0.3 is 6.18 Å². The van der Waals surface area contributed by atoms with Crippen molar-refractivity contribution in [3.8, 4) is 23.5 Å². The standard InChI is InChI=1S/C25H16F3N/c1-2-18-11-6-7-12-20(18)23-19(15-17-9-4-3-5-10-17)16-29-24-21(23)13-8-14-22(24)25(26,27)28/h1,3-14,16H,15H2. The highest BCUT2D eigenvalue weighted by Crippen LogP contribution is 2.39. The lowest BCUT2D eigenvalue weighted by Gasteiger charge is -2.17. The second-order valence-corrected chi connectivity index (χ2v) is 6.71. The molecule has 1 heterocycles. The minimum Gasteiger partial charge on any atom is -0.255 e. The summed E-state index contributed by atoms with van der Waals surface area (Å²) in [7, 11) is 0. The van der Waals surface area contributed by atoms with Crippen LogP contribution >= 0.6 is 0 Å². The fourth-order valence-electron chi connectivity index (χ4n) is 3.59. The number of fused-ring (bicyclic) bond motifs is 1. The van der Waals surface area contributed by atoms with E-state index in [0.717, 1.165) is 22.8 Å². The molecule has 0 saturated heterocycles. The number of rotatable bonds is 3. The fourth-order valence-corrected chi connectivity index (χ4v) is 3.59. The summed E-state index contributed by atoms with van der Waals surface area (Å²) in [6.07, 6.45) is 3.27. The van der Waals surface area contributed by atoms with Crippen LogP contribution in [0.2, 0.25) is 0 Å². The number of halogens is 3. The van der Waals surface area contributed by atoms with Crippen LogP contribution in [0.1, 0.15) is 22.3 Å². The monoisotopic (exact) mass is 387 g/mol. The van der Waals surface area contributed by atoms with E-state index >= 15 is 0 Å². The lowest BCUT2D eigenvalue weighted by molar-refractivity contribution is -0.136. The number of pyridine rings is 1. The number of terminal acetylenes is 1. The van der Waals surface area contributed by atoms with E-state index in [9.17, 15) is 13.2 Å². The van der Waals surface area contributed by atoms with E-state index < -0.39 is 11.7 Å². The molecule has 142 valence electrons. The largest absolute Gasteiger partial charge is 0.418 e. The maximum atomic E-state index is 13.6. The van der Waals surface area contributed by atoms with Gasteiger partial charge in [-0.05, 0) is 40.8 Å². The first-order chi connectivity index (χ1) is 14.0. The van der Waals surface area contributed by atoms with Crippen molar-refractivity contribution in [2.75, 3.05) is 0 Å². The SMILES string of the molecule is C#Cc1ccccc1-c1c(Cc2ccccc2)cnc2c(C(F)(F)F)cccc12. The average molecular weight is 387 g/mol. The van der Waals surface area contributed by atoms with E-state index in [1.807, 2.05) is 48.5 Å². The molecule has 0 saturated carbocycles. The zero-order valence-corrected chi connectivity index (χ0v) is 15.4. The molecule has 29 heavy (non-hydrogen) atoms. The number of hydrogen-bond donors (Lipinski definition) is 0. The van der Waals surface area contributed by atoms with Crippen molar-refractivity contribution in [2.45, 2.75) is 12.6 Å². The Morgan fingerprint density at radius 1 is 0.862 bits per heavy atom. The molecule has 0 unspecified atom stereocenters. The van der Waals surface area contributed by atoms with Gasteiger partial charge in [0.2, 0.25) is 0 Å². The van der Waals surface area contributed by atoms with Gasteiger partial charge < -0.3 is 0 Å². The highest BCUT2D eigenvalue weighted by Gasteiger charge is 2.33. The third-order valence-electron chi connectivity index (χ3n) is 4.87. The molecule has 0 amide bonds. The number of benzene rings is 3. The molecule has 1 nitrogen and oxygen atoms in total. The average Bonchev–Trinajstić information content (AvgIpc) is 2.73. The first-order valence-electron chi connectivity index (χ1n) is 9.07. The van der Waals surface area contributed by atoms with E-state index in [4.69, 9.17) is 6.42 Å². The van der Waals surface area contributed by atoms with Gasteiger partial charge in [0, 0.05) is 17.1 Å². The van der Waals surface area contributed by atoms with Gasteiger partial charge in [-0.2, -0.15) is 13.2 Å². The summed E-state index contributed by atoms with van der Waals surface area (Å²) in [5.74, 6) is 2.65. The smallest absolute Gasteiger partial charge is 0.255 e. The molecule has 4 rings (SSSR count). The maximum Gasteiger partial charge on any atom is 0.418 e. The summed E-state index contributed by atoms with van der Waals surface area (Å²) in [5, 5.41) is 0.441. The molecule has 4 heteroatoms. The number of aromatic nitrogens is 1. The predicted molar refractivity (Wildman–Crippen MR) is 109 cm³/mol. The summed E-state index contributed by atoms with van der Waals surface area (Å²) in [4.78, 5) is 4.21. The van der Waals surface area contributed by atoms with Gasteiger partial charge in [0.1, 0.15) is 0 Å². The first-order valence-corrected chi connectivity index (χ1v) is 9.07. The molecule has 0 atom stereocenters. The van der Waals surface area contributed by atoms with Gasteiger partial charge in [-0.25, -0.2) is 0 Å². The predicted octanol–water partition coefficient (Wildman–Crippen LogP) is 6.49. The second-order valence-electron chi connectivity index (χ2n) is 6.71. The molecular formula is C25H16F3N. The van der Waals surface area contributed by atoms with E-state index in [2.05, 4.69) is 10.9 Å². The molecule has 0 aliphatic carbocycles. The lowest BCUT2D eigenvalue weighted by Crippen LogP contribution is -2.07. The minimum absolute atomic E-state index is 0.0707. The molecule has 1 aromatic heterocycles. The topological polar surface area (TPSA) is 12.9 Å². The number of hydrogen-bond acceptors (Lipinski definition) is 1. The second kappa shape index (κ2) is 7.44. The van der Waals surface area contributed by atoms with Crippen LogP contribution in [0.3, 0.4) is 0 Å². The Bertz CT molecular complexity index is 1220. The van der Waals surface area contributed by atoms with Crippen molar-refractivity contribution in [3.63, 3.8) is 0 Å². The Labute approximate surface area is 166 Å². The van der Waals surface area contributed by atoms with Crippen molar-refractivity contribution < 1.29 is 13.2 Å². The maximum absolute atomic E-state index is 13.6. The molecule has 0 spiro atoms. The van der Waals surface area contributed by atoms with Crippen LogP contribution in [0.15, 0.2) is 79.0 Å². The van der Waals surface area contributed by atoms with Gasteiger partial charge in [-0.1, -0.05) is 66.6 Å². The van der Waals surface area contributed by atoms with Crippen LogP contribution in [0.5, 0.6) is 0 Å². The van der Waals surface area contributed by atoms with Gasteiger partial charge in [0.05, 0.1) is 11.1 Å². The molecule has 0 aliphatic rings. The van der Waals surface area contributed by atoms with Crippen LogP contribution in [0, 0.1) is 12.3 Å². The van der Waals surface area contributed by atoms with E-state index in [0.29, 0.717) is 22.9 Å². The highest BCUT2D eigenvalue weighted by molar-refractivity contribution is 5.99. The normalized spacial score (nSPS) is 11.4. The van der Waals surface area contributed by atoms with Crippen LogP contribution in [-0.2, 0) is 12.6 Å². The summed E-state index contributed by atoms with van der Waals surface area (Å²) < 4.78 is 40.7. The summed E-state index contributed by atoms with van der Waals surface area (Å²) in [5.41, 5.74) is 3.10. The molecule has 0 bridgehead atoms. The lowest BCUT2D eigenvalue weighted by atomic mass is 9.89. The number of para-hydroxylation sites is 1. The van der Waals surface area contributed by atoms with Crippen LogP contribution < -0.4 is 0 Å². The zero-order valence-electron chi connectivity index (χ0n) is 15.4. The van der Waals surface area contributed by atoms with Gasteiger partial charge in [-0.3, -0.25) is 4.98 Å². The van der Waals surface area contributed by atoms with Crippen LogP contribution in [-0.4, -0.2) is 4.98 Å². The Morgan fingerprint density at radius 3 is 2.31 bits per heavy atom. The van der Waals surface area contributed by atoms with E-state index in [1.165, 1.54) is 12.3 Å². The highest BCUT2D eigenvalue weighted by atomic mass is 19.4. The van der Waals surface area contributed by atoms with Crippen molar-refractivity contribution in [1.82, 2.24) is 4.98 Å². The Balaban J connectivity index is 2.05. The zero-order chi connectivity index (χ0) is 20.4. The molecule has 4 aromatic rings. The number of alkyl halides is 3. The van der Waals surface area contributed by atoms with Gasteiger partial charge in [0.15, 0.2) is 0 Å². The fraction of sp³-hybridized carbons (Fsp3) is 0.0800. The van der Waals surface area contributed by atoms with Crippen molar-refractivity contribution in [3.05, 3.63) is 101 Å². The van der Waals surface area contributed by atoms with E-state index in [1.54, 1.807) is 12.1 Å². The van der Waals surface area contributed by atoms with E-state index in [-0.39, 0.29) is 5.52 Å². The molecule has 3 aromatic carbocycles.